The van der Waals surface area contributed by atoms with E-state index in [0.717, 1.165) is 17.9 Å². The number of hydrogen-bond donors (Lipinski definition) is 0. The summed E-state index contributed by atoms with van der Waals surface area (Å²) >= 11 is 0. The van der Waals surface area contributed by atoms with Gasteiger partial charge in [-0.15, -0.1) is 0 Å². The Labute approximate surface area is 179 Å². The van der Waals surface area contributed by atoms with E-state index in [1.807, 2.05) is 0 Å². The summed E-state index contributed by atoms with van der Waals surface area (Å²) in [6, 6.07) is 13.4. The van der Waals surface area contributed by atoms with E-state index < -0.39 is 0 Å². The summed E-state index contributed by atoms with van der Waals surface area (Å²) in [5, 5.41) is 5.12. The van der Waals surface area contributed by atoms with Crippen molar-refractivity contribution in [2.75, 3.05) is 0 Å². The number of benzene rings is 3. The molecule has 0 fully saturated rings. The van der Waals surface area contributed by atoms with Gasteiger partial charge in [-0.25, -0.2) is 4.57 Å². The summed E-state index contributed by atoms with van der Waals surface area (Å²) in [6.07, 6.45) is 3.21. The molecule has 5 rings (SSSR count). The van der Waals surface area contributed by atoms with Gasteiger partial charge in [-0.05, 0) is 71.5 Å². The summed E-state index contributed by atoms with van der Waals surface area (Å²) in [4.78, 5) is 0. The maximum Gasteiger partial charge on any atom is 0.228 e. The van der Waals surface area contributed by atoms with E-state index in [9.17, 15) is 0 Å². The van der Waals surface area contributed by atoms with Crippen LogP contribution >= 0.6 is 0 Å². The van der Waals surface area contributed by atoms with E-state index in [-0.39, 0.29) is 5.41 Å². The van der Waals surface area contributed by atoms with Crippen molar-refractivity contribution in [2.24, 2.45) is 12.5 Å². The molecule has 3 aromatic carbocycles. The summed E-state index contributed by atoms with van der Waals surface area (Å²) < 4.78 is 8.96. The highest BCUT2D eigenvalue weighted by Gasteiger charge is 2.32. The molecule has 0 spiro atoms. The highest BCUT2D eigenvalue weighted by molar-refractivity contribution is 6.07. The van der Waals surface area contributed by atoms with Crippen LogP contribution in [0.1, 0.15) is 43.0 Å². The number of rotatable bonds is 1. The number of pyridine rings is 1. The van der Waals surface area contributed by atoms with Gasteiger partial charge in [-0.2, -0.15) is 0 Å². The van der Waals surface area contributed by atoms with Crippen LogP contribution < -0.4 is 9.30 Å². The molecule has 0 N–H and O–H groups in total. The molecule has 0 radical (unpaired) electrons. The number of nitrogens with zero attached hydrogens (tertiary/aromatic N) is 1. The van der Waals surface area contributed by atoms with Crippen LogP contribution in [-0.2, 0) is 13.5 Å². The topological polar surface area (TPSA) is 13.1 Å². The van der Waals surface area contributed by atoms with E-state index in [4.69, 9.17) is 4.74 Å². The van der Waals surface area contributed by atoms with Crippen LogP contribution in [0, 0.1) is 26.2 Å². The van der Waals surface area contributed by atoms with Crippen molar-refractivity contribution in [1.82, 2.24) is 0 Å². The normalized spacial score (nSPS) is 12.9. The van der Waals surface area contributed by atoms with Crippen molar-refractivity contribution in [3.05, 3.63) is 64.8 Å². The zero-order valence-corrected chi connectivity index (χ0v) is 19.1. The zero-order valence-electron chi connectivity index (χ0n) is 19.1. The van der Waals surface area contributed by atoms with Gasteiger partial charge < -0.3 is 4.74 Å². The molecule has 2 heteroatoms. The molecule has 0 saturated heterocycles. The number of ether oxygens (including phenoxy) is 1. The first-order valence-corrected chi connectivity index (χ1v) is 10.8. The molecule has 0 aliphatic carbocycles. The van der Waals surface area contributed by atoms with Crippen molar-refractivity contribution in [3.8, 4) is 22.8 Å². The predicted octanol–water partition coefficient (Wildman–Crippen LogP) is 7.10. The Hall–Kier alpha value is -2.87. The number of hydrogen-bond acceptors (Lipinski definition) is 1. The Morgan fingerprint density at radius 1 is 0.933 bits per heavy atom. The summed E-state index contributed by atoms with van der Waals surface area (Å²) in [7, 11) is 2.15. The van der Waals surface area contributed by atoms with Crippen molar-refractivity contribution in [3.63, 3.8) is 0 Å². The number of aryl methyl sites for hydroxylation is 4. The number of fused-ring (bicyclic) bond motifs is 3. The van der Waals surface area contributed by atoms with Crippen molar-refractivity contribution in [1.29, 1.82) is 0 Å². The second-order valence-electron chi connectivity index (χ2n) is 10.1. The Bertz CT molecular complexity index is 1360. The Kier molecular flexibility index (Phi) is 4.02. The second-order valence-corrected chi connectivity index (χ2v) is 10.1. The minimum absolute atomic E-state index is 0.232. The van der Waals surface area contributed by atoms with Crippen LogP contribution in [0.4, 0.5) is 0 Å². The van der Waals surface area contributed by atoms with Crippen LogP contribution in [0.25, 0.3) is 32.8 Å². The van der Waals surface area contributed by atoms with Gasteiger partial charge in [0.1, 0.15) is 18.5 Å². The van der Waals surface area contributed by atoms with Gasteiger partial charge in [0.05, 0.1) is 10.9 Å². The first-order valence-electron chi connectivity index (χ1n) is 10.8. The molecule has 2 nitrogen and oxygen atoms in total. The lowest BCUT2D eigenvalue weighted by Crippen LogP contribution is -2.32. The molecule has 0 amide bonds. The van der Waals surface area contributed by atoms with Crippen LogP contribution in [-0.4, -0.2) is 0 Å². The minimum atomic E-state index is 0.232. The molecular formula is C28H30NO+. The third-order valence-electron chi connectivity index (χ3n) is 6.44. The van der Waals surface area contributed by atoms with Crippen LogP contribution in [0.5, 0.6) is 11.5 Å². The monoisotopic (exact) mass is 396 g/mol. The molecule has 0 bridgehead atoms. The van der Waals surface area contributed by atoms with Crippen molar-refractivity contribution in [2.45, 2.75) is 48.0 Å². The SMILES string of the molecule is Cc1c2c(c(C)c3c(C)cccc13)-c1c3c(cc(CC(C)(C)C)cc3cc[n+]1C)O2. The van der Waals surface area contributed by atoms with Gasteiger partial charge in [0.25, 0.3) is 0 Å². The molecule has 1 aromatic heterocycles. The second kappa shape index (κ2) is 6.31. The minimum Gasteiger partial charge on any atom is -0.455 e. The summed E-state index contributed by atoms with van der Waals surface area (Å²) in [6.45, 7) is 13.5. The molecule has 30 heavy (non-hydrogen) atoms. The zero-order chi connectivity index (χ0) is 21.4. The largest absolute Gasteiger partial charge is 0.455 e. The van der Waals surface area contributed by atoms with Gasteiger partial charge in [-0.1, -0.05) is 45.0 Å². The molecule has 152 valence electrons. The lowest BCUT2D eigenvalue weighted by atomic mass is 9.85. The number of aromatic nitrogens is 1. The van der Waals surface area contributed by atoms with Crippen molar-refractivity contribution >= 4 is 21.5 Å². The fourth-order valence-electron chi connectivity index (χ4n) is 5.23. The maximum atomic E-state index is 6.71. The highest BCUT2D eigenvalue weighted by Crippen LogP contribution is 2.51. The van der Waals surface area contributed by atoms with E-state index in [1.165, 1.54) is 55.1 Å². The average molecular weight is 397 g/mol. The summed E-state index contributed by atoms with van der Waals surface area (Å²) in [5.41, 5.74) is 7.90. The standard InChI is InChI=1S/C28H30NO/c1-16-9-8-10-21-17(2)27-24(18(3)23(16)21)26-25-20(11-12-29(26)7)13-19(14-22(25)30-27)15-28(4,5)6/h8-14H,15H2,1-7H3/q+1. The average Bonchev–Trinajstić information content (AvgIpc) is 2.66. The van der Waals surface area contributed by atoms with Crippen LogP contribution in [0.2, 0.25) is 0 Å². The molecule has 0 atom stereocenters. The smallest absolute Gasteiger partial charge is 0.228 e. The molecular weight excluding hydrogens is 366 g/mol. The van der Waals surface area contributed by atoms with Gasteiger partial charge in [0, 0.05) is 11.6 Å². The summed E-state index contributed by atoms with van der Waals surface area (Å²) in [5.74, 6) is 1.99. The van der Waals surface area contributed by atoms with E-state index in [2.05, 4.69) is 95.8 Å². The lowest BCUT2D eigenvalue weighted by Gasteiger charge is -2.26. The Balaban J connectivity index is 1.90. The van der Waals surface area contributed by atoms with Crippen LogP contribution in [0.15, 0.2) is 42.6 Å². The van der Waals surface area contributed by atoms with Gasteiger partial charge in [0.2, 0.25) is 5.69 Å². The molecule has 1 aliphatic rings. The van der Waals surface area contributed by atoms with Crippen LogP contribution in [0.3, 0.4) is 0 Å². The Morgan fingerprint density at radius 3 is 2.43 bits per heavy atom. The molecule has 4 aromatic rings. The highest BCUT2D eigenvalue weighted by atomic mass is 16.5. The van der Waals surface area contributed by atoms with Gasteiger partial charge in [0.15, 0.2) is 6.20 Å². The first kappa shape index (κ1) is 19.1. The fourth-order valence-corrected chi connectivity index (χ4v) is 5.23. The molecule has 1 aliphatic heterocycles. The molecule has 0 unspecified atom stereocenters. The Morgan fingerprint density at radius 2 is 1.70 bits per heavy atom. The first-order chi connectivity index (χ1) is 14.2. The molecule has 2 heterocycles. The van der Waals surface area contributed by atoms with Gasteiger partial charge >= 0.3 is 0 Å². The molecule has 0 saturated carbocycles. The van der Waals surface area contributed by atoms with E-state index >= 15 is 0 Å². The van der Waals surface area contributed by atoms with E-state index in [0.29, 0.717) is 0 Å². The quantitative estimate of drug-likeness (QED) is 0.275. The van der Waals surface area contributed by atoms with Crippen molar-refractivity contribution < 1.29 is 9.30 Å². The van der Waals surface area contributed by atoms with E-state index in [1.54, 1.807) is 0 Å². The third-order valence-corrected chi connectivity index (χ3v) is 6.44. The lowest BCUT2D eigenvalue weighted by molar-refractivity contribution is -0.659. The fraction of sp³-hybridized carbons (Fsp3) is 0.321. The third kappa shape index (κ3) is 2.74. The predicted molar refractivity (Wildman–Crippen MR) is 126 cm³/mol. The maximum absolute atomic E-state index is 6.71. The van der Waals surface area contributed by atoms with Gasteiger partial charge in [-0.3, -0.25) is 0 Å².